The summed E-state index contributed by atoms with van der Waals surface area (Å²) in [6.07, 6.45) is 0.992. The van der Waals surface area contributed by atoms with Crippen molar-refractivity contribution in [3.05, 3.63) is 65.3 Å². The molecule has 0 radical (unpaired) electrons. The molecule has 4 heteroatoms. The lowest BCUT2D eigenvalue weighted by molar-refractivity contribution is 0.194. The van der Waals surface area contributed by atoms with Crippen LogP contribution in [0, 0.1) is 0 Å². The maximum atomic E-state index is 9.80. The van der Waals surface area contributed by atoms with Crippen molar-refractivity contribution < 1.29 is 9.84 Å². The molecule has 1 heterocycles. The van der Waals surface area contributed by atoms with E-state index in [4.69, 9.17) is 16.3 Å². The second kappa shape index (κ2) is 5.72. The quantitative estimate of drug-likeness (QED) is 0.760. The second-order valence-electron chi connectivity index (χ2n) is 4.77. The first kappa shape index (κ1) is 13.9. The summed E-state index contributed by atoms with van der Waals surface area (Å²) in [5.41, 5.74) is 0.650. The van der Waals surface area contributed by atoms with Gasteiger partial charge in [-0.25, -0.2) is 4.98 Å². The molecule has 3 nitrogen and oxygen atoms in total. The Balaban J connectivity index is 2.09. The van der Waals surface area contributed by atoms with Gasteiger partial charge in [0.15, 0.2) is 0 Å². The summed E-state index contributed by atoms with van der Waals surface area (Å²) in [7, 11) is 0. The van der Waals surface area contributed by atoms with E-state index in [1.54, 1.807) is 31.3 Å². The SMILES string of the molecule is C[C@@H](O)c1cccnc1Oc1ccc(Cl)c2ccccc12. The lowest BCUT2D eigenvalue weighted by Gasteiger charge is -2.13. The van der Waals surface area contributed by atoms with Gasteiger partial charge >= 0.3 is 0 Å². The zero-order chi connectivity index (χ0) is 14.8. The number of aliphatic hydroxyl groups is 1. The Hall–Kier alpha value is -2.10. The molecule has 0 fully saturated rings. The summed E-state index contributed by atoms with van der Waals surface area (Å²) in [6.45, 7) is 1.68. The van der Waals surface area contributed by atoms with E-state index in [1.165, 1.54) is 0 Å². The smallest absolute Gasteiger partial charge is 0.225 e. The number of pyridine rings is 1. The van der Waals surface area contributed by atoms with Crippen LogP contribution in [-0.4, -0.2) is 10.1 Å². The molecule has 3 aromatic rings. The predicted octanol–water partition coefficient (Wildman–Crippen LogP) is 4.73. The highest BCUT2D eigenvalue weighted by molar-refractivity contribution is 6.35. The van der Waals surface area contributed by atoms with Crippen LogP contribution in [0.5, 0.6) is 11.6 Å². The van der Waals surface area contributed by atoms with E-state index in [2.05, 4.69) is 4.98 Å². The third kappa shape index (κ3) is 2.71. The summed E-state index contributed by atoms with van der Waals surface area (Å²) in [5, 5.41) is 12.3. The van der Waals surface area contributed by atoms with Crippen LogP contribution in [0.3, 0.4) is 0 Å². The molecule has 3 rings (SSSR count). The van der Waals surface area contributed by atoms with E-state index < -0.39 is 6.10 Å². The van der Waals surface area contributed by atoms with Crippen molar-refractivity contribution in [1.29, 1.82) is 0 Å². The van der Waals surface area contributed by atoms with Crippen LogP contribution in [0.2, 0.25) is 5.02 Å². The average Bonchev–Trinajstić information content (AvgIpc) is 2.51. The monoisotopic (exact) mass is 299 g/mol. The number of hydrogen-bond acceptors (Lipinski definition) is 3. The van der Waals surface area contributed by atoms with Gasteiger partial charge in [-0.3, -0.25) is 0 Å². The van der Waals surface area contributed by atoms with Crippen molar-refractivity contribution in [2.24, 2.45) is 0 Å². The van der Waals surface area contributed by atoms with Crippen LogP contribution in [0.25, 0.3) is 10.8 Å². The van der Waals surface area contributed by atoms with Crippen LogP contribution in [0.1, 0.15) is 18.6 Å². The lowest BCUT2D eigenvalue weighted by Crippen LogP contribution is -1.98. The molecule has 0 aliphatic carbocycles. The molecule has 0 spiro atoms. The highest BCUT2D eigenvalue weighted by Crippen LogP contribution is 2.35. The first-order valence-electron chi connectivity index (χ1n) is 6.65. The molecule has 0 saturated carbocycles. The minimum absolute atomic E-state index is 0.403. The van der Waals surface area contributed by atoms with E-state index >= 15 is 0 Å². The number of benzene rings is 2. The number of aromatic nitrogens is 1. The van der Waals surface area contributed by atoms with Gasteiger partial charge in [0.05, 0.1) is 6.10 Å². The minimum atomic E-state index is -0.646. The summed E-state index contributed by atoms with van der Waals surface area (Å²) < 4.78 is 5.91. The van der Waals surface area contributed by atoms with E-state index in [1.807, 2.05) is 30.3 Å². The molecule has 106 valence electrons. The number of aliphatic hydroxyl groups excluding tert-OH is 1. The molecule has 2 aromatic carbocycles. The van der Waals surface area contributed by atoms with Gasteiger partial charge in [-0.2, -0.15) is 0 Å². The van der Waals surface area contributed by atoms with E-state index in [9.17, 15) is 5.11 Å². The minimum Gasteiger partial charge on any atom is -0.438 e. The van der Waals surface area contributed by atoms with Gasteiger partial charge in [-0.05, 0) is 31.2 Å². The molecule has 1 atom stereocenters. The van der Waals surface area contributed by atoms with Crippen molar-refractivity contribution >= 4 is 22.4 Å². The van der Waals surface area contributed by atoms with Gasteiger partial charge in [0.2, 0.25) is 5.88 Å². The Morgan fingerprint density at radius 1 is 1.05 bits per heavy atom. The Bertz CT molecular complexity index is 787. The van der Waals surface area contributed by atoms with Crippen LogP contribution in [0.4, 0.5) is 0 Å². The molecular formula is C17H14ClNO2. The first-order chi connectivity index (χ1) is 10.2. The van der Waals surface area contributed by atoms with Gasteiger partial charge in [0, 0.05) is 27.6 Å². The fraction of sp³-hybridized carbons (Fsp3) is 0.118. The van der Waals surface area contributed by atoms with Crippen molar-refractivity contribution in [2.75, 3.05) is 0 Å². The number of halogens is 1. The van der Waals surface area contributed by atoms with Gasteiger partial charge in [-0.1, -0.05) is 35.9 Å². The third-order valence-electron chi connectivity index (χ3n) is 3.29. The van der Waals surface area contributed by atoms with Crippen molar-refractivity contribution in [3.8, 4) is 11.6 Å². The fourth-order valence-corrected chi connectivity index (χ4v) is 2.46. The zero-order valence-corrected chi connectivity index (χ0v) is 12.2. The number of ether oxygens (including phenoxy) is 1. The van der Waals surface area contributed by atoms with Crippen molar-refractivity contribution in [2.45, 2.75) is 13.0 Å². The highest BCUT2D eigenvalue weighted by atomic mass is 35.5. The molecular weight excluding hydrogens is 286 g/mol. The largest absolute Gasteiger partial charge is 0.438 e. The zero-order valence-electron chi connectivity index (χ0n) is 11.5. The van der Waals surface area contributed by atoms with Gasteiger partial charge < -0.3 is 9.84 Å². The van der Waals surface area contributed by atoms with Crippen LogP contribution < -0.4 is 4.74 Å². The summed E-state index contributed by atoms with van der Waals surface area (Å²) in [5.74, 6) is 1.07. The Labute approximate surface area is 127 Å². The Morgan fingerprint density at radius 3 is 2.57 bits per heavy atom. The first-order valence-corrected chi connectivity index (χ1v) is 7.02. The van der Waals surface area contributed by atoms with Crippen molar-refractivity contribution in [1.82, 2.24) is 4.98 Å². The van der Waals surface area contributed by atoms with Crippen LogP contribution >= 0.6 is 11.6 Å². The fourth-order valence-electron chi connectivity index (χ4n) is 2.23. The molecule has 0 unspecified atom stereocenters. The maximum absolute atomic E-state index is 9.80. The normalized spacial score (nSPS) is 12.3. The molecule has 0 aliphatic heterocycles. The average molecular weight is 300 g/mol. The number of hydrogen-bond donors (Lipinski definition) is 1. The number of fused-ring (bicyclic) bond motifs is 1. The molecule has 0 amide bonds. The summed E-state index contributed by atoms with van der Waals surface area (Å²) in [4.78, 5) is 4.21. The van der Waals surface area contributed by atoms with E-state index in [-0.39, 0.29) is 0 Å². The molecule has 1 N–H and O–H groups in total. The van der Waals surface area contributed by atoms with Gasteiger partial charge in [0.25, 0.3) is 0 Å². The molecule has 0 bridgehead atoms. The maximum Gasteiger partial charge on any atom is 0.225 e. The summed E-state index contributed by atoms with van der Waals surface area (Å²) >= 11 is 6.20. The van der Waals surface area contributed by atoms with E-state index in [0.717, 1.165) is 10.8 Å². The molecule has 1 aromatic heterocycles. The van der Waals surface area contributed by atoms with Crippen molar-refractivity contribution in [3.63, 3.8) is 0 Å². The predicted molar refractivity (Wildman–Crippen MR) is 83.9 cm³/mol. The molecule has 0 aliphatic rings. The standard InChI is InChI=1S/C17H14ClNO2/c1-11(20)12-7-4-10-19-17(12)21-16-9-8-15(18)13-5-2-3-6-14(13)16/h2-11,20H,1H3/t11-/m1/s1. The molecule has 21 heavy (non-hydrogen) atoms. The van der Waals surface area contributed by atoms with Gasteiger partial charge in [-0.15, -0.1) is 0 Å². The van der Waals surface area contributed by atoms with Crippen LogP contribution in [0.15, 0.2) is 54.7 Å². The van der Waals surface area contributed by atoms with Crippen LogP contribution in [-0.2, 0) is 0 Å². The van der Waals surface area contributed by atoms with E-state index in [0.29, 0.717) is 22.2 Å². The Morgan fingerprint density at radius 2 is 1.81 bits per heavy atom. The Kier molecular flexibility index (Phi) is 3.78. The highest BCUT2D eigenvalue weighted by Gasteiger charge is 2.13. The summed E-state index contributed by atoms with van der Waals surface area (Å²) in [6, 6.07) is 14.9. The number of rotatable bonds is 3. The number of nitrogens with zero attached hydrogens (tertiary/aromatic N) is 1. The third-order valence-corrected chi connectivity index (χ3v) is 3.62. The molecule has 0 saturated heterocycles. The topological polar surface area (TPSA) is 42.4 Å². The second-order valence-corrected chi connectivity index (χ2v) is 5.17. The van der Waals surface area contributed by atoms with Gasteiger partial charge in [0.1, 0.15) is 5.75 Å². The lowest BCUT2D eigenvalue weighted by atomic mass is 10.1.